The van der Waals surface area contributed by atoms with Gasteiger partial charge in [0.1, 0.15) is 5.52 Å². The average Bonchev–Trinajstić information content (AvgIpc) is 3.05. The number of thiazole rings is 1. The fraction of sp³-hybridized carbons (Fsp3) is 0.263. The Morgan fingerprint density at radius 2 is 1.85 bits per heavy atom. The van der Waals surface area contributed by atoms with Crippen LogP contribution in [0.1, 0.15) is 10.4 Å². The molecule has 3 rings (SSSR count). The van der Waals surface area contributed by atoms with Gasteiger partial charge in [-0.15, -0.1) is 0 Å². The minimum absolute atomic E-state index is 0.121. The summed E-state index contributed by atoms with van der Waals surface area (Å²) in [7, 11) is 6.17. The molecule has 0 saturated heterocycles. The predicted molar refractivity (Wildman–Crippen MR) is 119 cm³/mol. The molecule has 0 unspecified atom stereocenters. The first kappa shape index (κ1) is 19.1. The van der Waals surface area contributed by atoms with Crippen LogP contribution in [0.5, 0.6) is 0 Å². The van der Waals surface area contributed by atoms with Gasteiger partial charge in [-0.2, -0.15) is 0 Å². The molecule has 0 saturated carbocycles. The number of nitrogens with zero attached hydrogens (tertiary/aromatic N) is 3. The number of para-hydroxylation sites is 1. The second-order valence-corrected chi connectivity index (χ2v) is 8.59. The zero-order chi connectivity index (χ0) is 18.7. The van der Waals surface area contributed by atoms with Gasteiger partial charge in [0.25, 0.3) is 5.91 Å². The number of amides is 1. The molecule has 3 aromatic rings. The molecule has 26 heavy (non-hydrogen) atoms. The molecule has 1 amide bonds. The van der Waals surface area contributed by atoms with Gasteiger partial charge >= 0.3 is 0 Å². The number of benzene rings is 2. The van der Waals surface area contributed by atoms with Crippen molar-refractivity contribution in [2.45, 2.75) is 0 Å². The first-order valence-electron chi connectivity index (χ1n) is 8.26. The minimum atomic E-state index is -0.121. The number of aromatic nitrogens is 1. The number of carbonyl (C=O) groups excluding carboxylic acids is 1. The molecule has 0 aliphatic heterocycles. The molecule has 1 heterocycles. The topological polar surface area (TPSA) is 48.5 Å². The number of halogens is 1. The van der Waals surface area contributed by atoms with Crippen LogP contribution in [0, 0.1) is 3.57 Å². The van der Waals surface area contributed by atoms with E-state index >= 15 is 0 Å². The molecule has 2 aromatic carbocycles. The van der Waals surface area contributed by atoms with Crippen molar-refractivity contribution < 1.29 is 4.79 Å². The van der Waals surface area contributed by atoms with Crippen LogP contribution in [0.4, 0.5) is 10.8 Å². The predicted octanol–water partition coefficient (Wildman–Crippen LogP) is 4.15. The van der Waals surface area contributed by atoms with E-state index in [1.807, 2.05) is 49.5 Å². The normalized spacial score (nSPS) is 11.1. The molecule has 7 heteroatoms. The summed E-state index contributed by atoms with van der Waals surface area (Å²) in [5.41, 5.74) is 2.22. The Bertz CT molecular complexity index is 908. The number of anilines is 2. The van der Waals surface area contributed by atoms with Gasteiger partial charge in [0.2, 0.25) is 0 Å². The SMILES string of the molecule is CN(C)CCN(C)c1nc2c(NC(=O)c3ccc(I)cc3)cccc2s1. The largest absolute Gasteiger partial charge is 0.350 e. The van der Waals surface area contributed by atoms with Gasteiger partial charge in [-0.25, -0.2) is 4.98 Å². The quantitative estimate of drug-likeness (QED) is 0.539. The van der Waals surface area contributed by atoms with E-state index in [0.29, 0.717) is 5.56 Å². The third-order valence-corrected chi connectivity index (χ3v) is 5.83. The number of carbonyl (C=O) groups is 1. The van der Waals surface area contributed by atoms with E-state index in [9.17, 15) is 4.79 Å². The van der Waals surface area contributed by atoms with Crippen LogP contribution < -0.4 is 10.2 Å². The zero-order valence-corrected chi connectivity index (χ0v) is 18.0. The third kappa shape index (κ3) is 4.52. The lowest BCUT2D eigenvalue weighted by Gasteiger charge is -2.18. The van der Waals surface area contributed by atoms with Gasteiger partial charge in [0.05, 0.1) is 10.4 Å². The molecule has 5 nitrogen and oxygen atoms in total. The number of fused-ring (bicyclic) bond motifs is 1. The second kappa shape index (κ2) is 8.32. The molecule has 0 atom stereocenters. The number of rotatable bonds is 6. The minimum Gasteiger partial charge on any atom is -0.350 e. The Hall–Kier alpha value is -1.71. The van der Waals surface area contributed by atoms with Crippen LogP contribution in [-0.4, -0.2) is 50.0 Å². The van der Waals surface area contributed by atoms with Crippen molar-refractivity contribution in [1.29, 1.82) is 0 Å². The highest BCUT2D eigenvalue weighted by molar-refractivity contribution is 14.1. The van der Waals surface area contributed by atoms with E-state index < -0.39 is 0 Å². The highest BCUT2D eigenvalue weighted by Crippen LogP contribution is 2.32. The molecule has 0 fully saturated rings. The lowest BCUT2D eigenvalue weighted by Crippen LogP contribution is -2.28. The molecule has 0 radical (unpaired) electrons. The van der Waals surface area contributed by atoms with Crippen molar-refractivity contribution in [3.8, 4) is 0 Å². The van der Waals surface area contributed by atoms with Crippen molar-refractivity contribution in [3.05, 3.63) is 51.6 Å². The van der Waals surface area contributed by atoms with Gasteiger partial charge in [-0.3, -0.25) is 4.79 Å². The maximum atomic E-state index is 12.5. The van der Waals surface area contributed by atoms with E-state index in [0.717, 1.165) is 37.7 Å². The van der Waals surface area contributed by atoms with Crippen LogP contribution >= 0.6 is 33.9 Å². The van der Waals surface area contributed by atoms with Crippen molar-refractivity contribution in [3.63, 3.8) is 0 Å². The van der Waals surface area contributed by atoms with Crippen LogP contribution in [-0.2, 0) is 0 Å². The second-order valence-electron chi connectivity index (χ2n) is 6.33. The summed E-state index contributed by atoms with van der Waals surface area (Å²) in [4.78, 5) is 21.6. The summed E-state index contributed by atoms with van der Waals surface area (Å²) >= 11 is 3.87. The number of hydrogen-bond donors (Lipinski definition) is 1. The van der Waals surface area contributed by atoms with E-state index in [4.69, 9.17) is 4.98 Å². The first-order chi connectivity index (χ1) is 12.4. The van der Waals surface area contributed by atoms with Gasteiger partial charge < -0.3 is 15.1 Å². The molecule has 136 valence electrons. The maximum absolute atomic E-state index is 12.5. The summed E-state index contributed by atoms with van der Waals surface area (Å²) in [5, 5.41) is 3.96. The summed E-state index contributed by atoms with van der Waals surface area (Å²) < 4.78 is 2.17. The van der Waals surface area contributed by atoms with E-state index in [-0.39, 0.29) is 5.91 Å². The van der Waals surface area contributed by atoms with Crippen LogP contribution in [0.3, 0.4) is 0 Å². The highest BCUT2D eigenvalue weighted by atomic mass is 127. The fourth-order valence-electron chi connectivity index (χ4n) is 2.44. The first-order valence-corrected chi connectivity index (χ1v) is 10.2. The molecular formula is C19H21IN4OS. The zero-order valence-electron chi connectivity index (χ0n) is 15.0. The molecular weight excluding hydrogens is 459 g/mol. The van der Waals surface area contributed by atoms with Gasteiger partial charge in [0.15, 0.2) is 5.13 Å². The summed E-state index contributed by atoms with van der Waals surface area (Å²) in [6, 6.07) is 13.4. The van der Waals surface area contributed by atoms with Crippen molar-refractivity contribution in [2.75, 3.05) is 44.4 Å². The average molecular weight is 480 g/mol. The Morgan fingerprint density at radius 3 is 2.54 bits per heavy atom. The fourth-order valence-corrected chi connectivity index (χ4v) is 3.78. The van der Waals surface area contributed by atoms with Gasteiger partial charge in [0, 0.05) is 29.3 Å². The Kier molecular flexibility index (Phi) is 6.10. The molecule has 1 aromatic heterocycles. The van der Waals surface area contributed by atoms with Crippen molar-refractivity contribution in [2.24, 2.45) is 0 Å². The lowest BCUT2D eigenvalue weighted by atomic mass is 10.2. The highest BCUT2D eigenvalue weighted by Gasteiger charge is 2.14. The Balaban J connectivity index is 1.82. The lowest BCUT2D eigenvalue weighted by molar-refractivity contribution is 0.102. The molecule has 0 aliphatic rings. The molecule has 0 spiro atoms. The Labute approximate surface area is 171 Å². The van der Waals surface area contributed by atoms with E-state index in [1.165, 1.54) is 0 Å². The number of nitrogens with one attached hydrogen (secondary N) is 1. The van der Waals surface area contributed by atoms with Gasteiger partial charge in [-0.05, 0) is 73.1 Å². The summed E-state index contributed by atoms with van der Waals surface area (Å²) in [6.07, 6.45) is 0. The molecule has 0 aliphatic carbocycles. The van der Waals surface area contributed by atoms with Crippen LogP contribution in [0.2, 0.25) is 0 Å². The summed E-state index contributed by atoms with van der Waals surface area (Å²) in [5.74, 6) is -0.121. The van der Waals surface area contributed by atoms with E-state index in [2.05, 4.69) is 51.8 Å². The standard InChI is InChI=1S/C19H21IN4OS/c1-23(2)11-12-24(3)19-22-17-15(5-4-6-16(17)26-19)21-18(25)13-7-9-14(20)10-8-13/h4-10H,11-12H2,1-3H3,(H,21,25). The van der Waals surface area contributed by atoms with Crippen LogP contribution in [0.25, 0.3) is 10.2 Å². The van der Waals surface area contributed by atoms with Crippen molar-refractivity contribution in [1.82, 2.24) is 9.88 Å². The molecule has 1 N–H and O–H groups in total. The molecule has 0 bridgehead atoms. The monoisotopic (exact) mass is 480 g/mol. The third-order valence-electron chi connectivity index (χ3n) is 3.97. The number of likely N-dealkylation sites (N-methyl/N-ethyl adjacent to an activating group) is 2. The maximum Gasteiger partial charge on any atom is 0.255 e. The summed E-state index contributed by atoms with van der Waals surface area (Å²) in [6.45, 7) is 1.86. The van der Waals surface area contributed by atoms with Crippen molar-refractivity contribution >= 4 is 60.9 Å². The van der Waals surface area contributed by atoms with Gasteiger partial charge in [-0.1, -0.05) is 17.4 Å². The smallest absolute Gasteiger partial charge is 0.255 e. The Morgan fingerprint density at radius 1 is 1.12 bits per heavy atom. The van der Waals surface area contributed by atoms with Crippen LogP contribution in [0.15, 0.2) is 42.5 Å². The number of hydrogen-bond acceptors (Lipinski definition) is 5. The van der Waals surface area contributed by atoms with E-state index in [1.54, 1.807) is 11.3 Å².